The third-order valence-corrected chi connectivity index (χ3v) is 2.15. The summed E-state index contributed by atoms with van der Waals surface area (Å²) < 4.78 is 5.01. The summed E-state index contributed by atoms with van der Waals surface area (Å²) in [5.74, 6) is 1.35. The molecule has 2 heterocycles. The van der Waals surface area contributed by atoms with Crippen molar-refractivity contribution >= 4 is 11.8 Å². The van der Waals surface area contributed by atoms with E-state index in [-0.39, 0.29) is 0 Å². The van der Waals surface area contributed by atoms with Crippen molar-refractivity contribution in [2.24, 2.45) is 0 Å². The van der Waals surface area contributed by atoms with Crippen LogP contribution in [0.5, 0.6) is 0 Å². The molecule has 0 aromatic carbocycles. The summed E-state index contributed by atoms with van der Waals surface area (Å²) in [6, 6.07) is 0. The summed E-state index contributed by atoms with van der Waals surface area (Å²) in [6.07, 6.45) is 0.676. The molecule has 2 heteroatoms. The fourth-order valence-corrected chi connectivity index (χ4v) is 1.24. The van der Waals surface area contributed by atoms with Gasteiger partial charge in [-0.1, -0.05) is 0 Å². The van der Waals surface area contributed by atoms with Gasteiger partial charge in [0.25, 0.3) is 0 Å². The van der Waals surface area contributed by atoms with Gasteiger partial charge in [-0.3, -0.25) is 0 Å². The second kappa shape index (κ2) is 0.928. The SMILES string of the molecule is C1OC1C1CS1. The molecule has 0 aromatic heterocycles. The quantitative estimate of drug-likeness (QED) is 0.447. The van der Waals surface area contributed by atoms with E-state index in [9.17, 15) is 0 Å². The first-order chi connectivity index (χ1) is 2.97. The predicted molar refractivity (Wildman–Crippen MR) is 26.0 cm³/mol. The first-order valence-electron chi connectivity index (χ1n) is 2.20. The molecular weight excluding hydrogens is 96.1 g/mol. The Balaban J connectivity index is 1.92. The zero-order valence-corrected chi connectivity index (χ0v) is 4.20. The summed E-state index contributed by atoms with van der Waals surface area (Å²) >= 11 is 2.01. The molecule has 2 saturated heterocycles. The molecular formula is C4H6OS. The zero-order valence-electron chi connectivity index (χ0n) is 3.39. The lowest BCUT2D eigenvalue weighted by atomic mass is 10.4. The van der Waals surface area contributed by atoms with Gasteiger partial charge in [0, 0.05) is 11.0 Å². The van der Waals surface area contributed by atoms with E-state index in [1.807, 2.05) is 11.8 Å². The van der Waals surface area contributed by atoms with Crippen LogP contribution >= 0.6 is 11.8 Å². The van der Waals surface area contributed by atoms with Gasteiger partial charge in [0.2, 0.25) is 0 Å². The number of epoxide rings is 1. The van der Waals surface area contributed by atoms with E-state index in [1.54, 1.807) is 0 Å². The van der Waals surface area contributed by atoms with Gasteiger partial charge in [-0.25, -0.2) is 0 Å². The van der Waals surface area contributed by atoms with E-state index in [0.717, 1.165) is 11.9 Å². The molecule has 0 saturated carbocycles. The summed E-state index contributed by atoms with van der Waals surface area (Å²) in [5.41, 5.74) is 0. The zero-order chi connectivity index (χ0) is 3.98. The van der Waals surface area contributed by atoms with Crippen molar-refractivity contribution in [2.45, 2.75) is 11.4 Å². The van der Waals surface area contributed by atoms with E-state index >= 15 is 0 Å². The Labute approximate surface area is 41.1 Å². The summed E-state index contributed by atoms with van der Waals surface area (Å²) in [6.45, 7) is 1.04. The molecule has 0 spiro atoms. The van der Waals surface area contributed by atoms with Gasteiger partial charge in [0.1, 0.15) is 0 Å². The maximum Gasteiger partial charge on any atom is 0.0936 e. The second-order valence-corrected chi connectivity index (χ2v) is 3.02. The second-order valence-electron chi connectivity index (χ2n) is 1.74. The van der Waals surface area contributed by atoms with Gasteiger partial charge in [0.15, 0.2) is 0 Å². The first-order valence-corrected chi connectivity index (χ1v) is 3.25. The highest BCUT2D eigenvalue weighted by atomic mass is 32.2. The minimum Gasteiger partial charge on any atom is -0.372 e. The number of thioether (sulfide) groups is 1. The maximum atomic E-state index is 5.01. The number of hydrogen-bond acceptors (Lipinski definition) is 2. The van der Waals surface area contributed by atoms with Crippen molar-refractivity contribution in [3.63, 3.8) is 0 Å². The lowest BCUT2D eigenvalue weighted by molar-refractivity contribution is 0.414. The summed E-state index contributed by atoms with van der Waals surface area (Å²) in [7, 11) is 0. The van der Waals surface area contributed by atoms with Gasteiger partial charge >= 0.3 is 0 Å². The molecule has 0 N–H and O–H groups in total. The van der Waals surface area contributed by atoms with E-state index in [0.29, 0.717) is 6.10 Å². The van der Waals surface area contributed by atoms with Gasteiger partial charge in [-0.05, 0) is 0 Å². The Morgan fingerprint density at radius 1 is 1.67 bits per heavy atom. The van der Waals surface area contributed by atoms with Crippen molar-refractivity contribution in [3.05, 3.63) is 0 Å². The molecule has 0 aromatic rings. The minimum absolute atomic E-state index is 0.676. The average Bonchev–Trinajstić information content (AvgIpc) is 2.26. The van der Waals surface area contributed by atoms with Crippen LogP contribution in [0.4, 0.5) is 0 Å². The topological polar surface area (TPSA) is 12.5 Å². The third kappa shape index (κ3) is 0.444. The fourth-order valence-electron chi connectivity index (χ4n) is 0.540. The highest BCUT2D eigenvalue weighted by Crippen LogP contribution is 2.39. The van der Waals surface area contributed by atoms with Crippen LogP contribution < -0.4 is 0 Å². The van der Waals surface area contributed by atoms with Crippen molar-refractivity contribution in [1.82, 2.24) is 0 Å². The van der Waals surface area contributed by atoms with Gasteiger partial charge < -0.3 is 4.74 Å². The molecule has 2 rings (SSSR count). The Morgan fingerprint density at radius 2 is 2.33 bits per heavy atom. The molecule has 2 aliphatic heterocycles. The summed E-state index contributed by atoms with van der Waals surface area (Å²) in [4.78, 5) is 0. The van der Waals surface area contributed by atoms with Crippen molar-refractivity contribution in [2.75, 3.05) is 12.4 Å². The molecule has 6 heavy (non-hydrogen) atoms. The van der Waals surface area contributed by atoms with E-state index in [1.165, 1.54) is 5.75 Å². The van der Waals surface area contributed by atoms with Crippen molar-refractivity contribution < 1.29 is 4.74 Å². The van der Waals surface area contributed by atoms with E-state index in [2.05, 4.69) is 0 Å². The van der Waals surface area contributed by atoms with Gasteiger partial charge in [-0.15, -0.1) is 0 Å². The smallest absolute Gasteiger partial charge is 0.0936 e. The predicted octanol–water partition coefficient (Wildman–Crippen LogP) is 0.501. The Bertz CT molecular complexity index is 55.9. The minimum atomic E-state index is 0.676. The number of rotatable bonds is 1. The van der Waals surface area contributed by atoms with Crippen LogP contribution in [0, 0.1) is 0 Å². The van der Waals surface area contributed by atoms with E-state index < -0.39 is 0 Å². The summed E-state index contributed by atoms with van der Waals surface area (Å²) in [5, 5.41) is 0.907. The van der Waals surface area contributed by atoms with E-state index in [4.69, 9.17) is 4.74 Å². The molecule has 2 fully saturated rings. The lowest BCUT2D eigenvalue weighted by Gasteiger charge is -1.71. The highest BCUT2D eigenvalue weighted by Gasteiger charge is 2.40. The van der Waals surface area contributed by atoms with Gasteiger partial charge in [0.05, 0.1) is 12.7 Å². The molecule has 2 unspecified atom stereocenters. The first kappa shape index (κ1) is 3.33. The molecule has 1 nitrogen and oxygen atoms in total. The Morgan fingerprint density at radius 3 is 2.50 bits per heavy atom. The van der Waals surface area contributed by atoms with Crippen molar-refractivity contribution in [1.29, 1.82) is 0 Å². The number of hydrogen-bond donors (Lipinski definition) is 0. The Hall–Kier alpha value is 0.310. The Kier molecular flexibility index (Phi) is 0.515. The molecule has 2 atom stereocenters. The van der Waals surface area contributed by atoms with Crippen LogP contribution in [0.25, 0.3) is 0 Å². The average molecular weight is 102 g/mol. The normalized spacial score (nSPS) is 52.0. The standard InChI is InChI=1S/C4H6OS/c1-3(5-1)4-2-6-4/h3-4H,1-2H2. The molecule has 34 valence electrons. The number of ether oxygens (including phenoxy) is 1. The molecule has 0 amide bonds. The van der Waals surface area contributed by atoms with Gasteiger partial charge in [-0.2, -0.15) is 11.8 Å². The molecule has 0 bridgehead atoms. The van der Waals surface area contributed by atoms with Crippen LogP contribution in [0.15, 0.2) is 0 Å². The molecule has 0 radical (unpaired) electrons. The van der Waals surface area contributed by atoms with Crippen LogP contribution in [0.3, 0.4) is 0 Å². The van der Waals surface area contributed by atoms with Crippen molar-refractivity contribution in [3.8, 4) is 0 Å². The monoisotopic (exact) mass is 102 g/mol. The van der Waals surface area contributed by atoms with Crippen LogP contribution in [0.1, 0.15) is 0 Å². The lowest BCUT2D eigenvalue weighted by Crippen LogP contribution is -1.90. The fraction of sp³-hybridized carbons (Fsp3) is 1.00. The van der Waals surface area contributed by atoms with Crippen LogP contribution in [-0.2, 0) is 4.74 Å². The maximum absolute atomic E-state index is 5.01. The molecule has 0 aliphatic carbocycles. The largest absolute Gasteiger partial charge is 0.372 e. The van der Waals surface area contributed by atoms with Crippen LogP contribution in [0.2, 0.25) is 0 Å². The highest BCUT2D eigenvalue weighted by molar-refractivity contribution is 8.07. The third-order valence-electron chi connectivity index (χ3n) is 1.13. The van der Waals surface area contributed by atoms with Crippen LogP contribution in [-0.4, -0.2) is 23.7 Å². The molecule has 2 aliphatic rings.